The van der Waals surface area contributed by atoms with Crippen molar-refractivity contribution < 1.29 is 4.74 Å². The van der Waals surface area contributed by atoms with Gasteiger partial charge in [-0.3, -0.25) is 0 Å². The quantitative estimate of drug-likeness (QED) is 0.217. The van der Waals surface area contributed by atoms with E-state index in [1.165, 1.54) is 26.5 Å². The monoisotopic (exact) mass is 697 g/mol. The molecule has 0 bridgehead atoms. The topological polar surface area (TPSA) is 21.6 Å². The van der Waals surface area contributed by atoms with Gasteiger partial charge in [-0.15, -0.1) is 0 Å². The second kappa shape index (κ2) is 7.54. The van der Waals surface area contributed by atoms with Gasteiger partial charge in [0.2, 0.25) is 0 Å². The van der Waals surface area contributed by atoms with E-state index in [-0.39, 0.29) is 0 Å². The van der Waals surface area contributed by atoms with Gasteiger partial charge < -0.3 is 0 Å². The predicted octanol–water partition coefficient (Wildman–Crippen LogP) is 6.85. The molecule has 0 unspecified atom stereocenters. The summed E-state index contributed by atoms with van der Waals surface area (Å²) in [6, 6.07) is 21.2. The summed E-state index contributed by atoms with van der Waals surface area (Å²) in [6.45, 7) is 0. The van der Waals surface area contributed by atoms with Gasteiger partial charge in [0.1, 0.15) is 0 Å². The summed E-state index contributed by atoms with van der Waals surface area (Å²) in [4.78, 5) is 7.43. The van der Waals surface area contributed by atoms with Gasteiger partial charge >= 0.3 is 188 Å². The van der Waals surface area contributed by atoms with Crippen LogP contribution in [0.15, 0.2) is 75.1 Å². The number of rotatable bonds is 3. The van der Waals surface area contributed by atoms with E-state index in [1.807, 2.05) is 6.07 Å². The molecule has 0 aromatic heterocycles. The van der Waals surface area contributed by atoms with Gasteiger partial charge in [0.05, 0.1) is 0 Å². The Morgan fingerprint density at radius 1 is 0.885 bits per heavy atom. The van der Waals surface area contributed by atoms with Crippen LogP contribution in [0.1, 0.15) is 11.1 Å². The van der Waals surface area contributed by atoms with Crippen LogP contribution in [0.3, 0.4) is 0 Å². The molecule has 26 heavy (non-hydrogen) atoms. The molecule has 1 aliphatic heterocycles. The summed E-state index contributed by atoms with van der Waals surface area (Å²) in [5, 5.41) is 2.40. The maximum absolute atomic E-state index is 5.33. The van der Waals surface area contributed by atoms with Crippen LogP contribution in [0.25, 0.3) is 16.5 Å². The fourth-order valence-corrected chi connectivity index (χ4v) is 11.9. The first-order valence-electron chi connectivity index (χ1n) is 7.83. The molecule has 132 valence electrons. The molecule has 0 spiro atoms. The summed E-state index contributed by atoms with van der Waals surface area (Å²) in [7, 11) is 1.70. The number of hydrogen-bond donors (Lipinski definition) is 0. The molecule has 0 N–H and O–H groups in total. The molecule has 0 saturated carbocycles. The third-order valence-corrected chi connectivity index (χ3v) is 14.5. The second-order valence-corrected chi connectivity index (χ2v) is 33.4. The van der Waals surface area contributed by atoms with Gasteiger partial charge in [-0.1, -0.05) is 0 Å². The van der Waals surface area contributed by atoms with E-state index in [1.54, 1.807) is 7.11 Å². The fourth-order valence-electron chi connectivity index (χ4n) is 2.85. The third kappa shape index (κ3) is 3.76. The Hall–Kier alpha value is -0.411. The van der Waals surface area contributed by atoms with Crippen LogP contribution in [-0.2, 0) is 0 Å². The first kappa shape index (κ1) is 18.9. The maximum atomic E-state index is 5.33. The van der Waals surface area contributed by atoms with Crippen LogP contribution < -0.4 is 4.74 Å². The molecule has 4 rings (SSSR count). The SMILES string of the molecule is COc1ccc2cc(C3=NC(c4ccc(Br)cc4)=C[Se]3(I)I)ccc2c1. The van der Waals surface area contributed by atoms with Crippen molar-refractivity contribution in [1.29, 1.82) is 0 Å². The van der Waals surface area contributed by atoms with Crippen molar-refractivity contribution in [3.05, 3.63) is 81.2 Å². The van der Waals surface area contributed by atoms with Crippen LogP contribution >= 0.6 is 56.6 Å². The van der Waals surface area contributed by atoms with Crippen LogP contribution in [0.4, 0.5) is 0 Å². The first-order chi connectivity index (χ1) is 12.5. The van der Waals surface area contributed by atoms with E-state index in [0.29, 0.717) is 0 Å². The van der Waals surface area contributed by atoms with Gasteiger partial charge in [-0.25, -0.2) is 0 Å². The molecule has 1 heterocycles. The molecule has 1 aliphatic rings. The Kier molecular flexibility index (Phi) is 5.49. The van der Waals surface area contributed by atoms with Crippen molar-refractivity contribution in [2.24, 2.45) is 4.99 Å². The summed E-state index contributed by atoms with van der Waals surface area (Å²) in [5.74, 6) is 0.885. The van der Waals surface area contributed by atoms with Gasteiger partial charge in [0.15, 0.2) is 0 Å². The molecule has 0 aliphatic carbocycles. The van der Waals surface area contributed by atoms with E-state index >= 15 is 0 Å². The average molecular weight is 697 g/mol. The summed E-state index contributed by atoms with van der Waals surface area (Å²) in [6.07, 6.45) is -1.99. The van der Waals surface area contributed by atoms with Crippen LogP contribution in [0.5, 0.6) is 5.75 Å². The Labute approximate surface area is 186 Å². The minimum absolute atomic E-state index is 0.885. The van der Waals surface area contributed by atoms with Crippen molar-refractivity contribution in [1.82, 2.24) is 0 Å². The molecular formula is C20H14BrI2NOSe. The molecule has 0 saturated heterocycles. The number of halogens is 3. The van der Waals surface area contributed by atoms with Crippen molar-refractivity contribution in [2.75, 3.05) is 7.11 Å². The number of methoxy groups -OCH3 is 1. The Bertz CT molecular complexity index is 1060. The van der Waals surface area contributed by atoms with E-state index in [2.05, 4.69) is 116 Å². The molecule has 0 radical (unpaired) electrons. The molecule has 0 fully saturated rings. The standard InChI is InChI=1S/C20H14BrI2NOSe/c1-25-18-9-6-14-10-16(3-2-15(14)11-18)20-24-19(12-26(20,22)23)13-4-7-17(21)8-5-13/h2-12H,1H3. The molecule has 0 amide bonds. The predicted molar refractivity (Wildman–Crippen MR) is 133 cm³/mol. The molecular weight excluding hydrogens is 683 g/mol. The number of fused-ring (bicyclic) bond motifs is 1. The molecule has 2 nitrogen and oxygen atoms in total. The second-order valence-electron chi connectivity index (χ2n) is 5.86. The first-order valence-corrected chi connectivity index (χ1v) is 20.9. The van der Waals surface area contributed by atoms with Crippen LogP contribution in [0, 0.1) is 0 Å². The summed E-state index contributed by atoms with van der Waals surface area (Å²) in [5.41, 5.74) is 3.48. The van der Waals surface area contributed by atoms with Gasteiger partial charge in [-0.05, 0) is 0 Å². The van der Waals surface area contributed by atoms with E-state index in [4.69, 9.17) is 9.73 Å². The van der Waals surface area contributed by atoms with Crippen LogP contribution in [0.2, 0.25) is 0 Å². The Balaban J connectivity index is 1.76. The number of hydrogen-bond acceptors (Lipinski definition) is 2. The number of benzene rings is 3. The zero-order valence-electron chi connectivity index (χ0n) is 13.7. The zero-order chi connectivity index (χ0) is 18.3. The molecule has 3 aromatic rings. The van der Waals surface area contributed by atoms with Crippen molar-refractivity contribution in [2.45, 2.75) is 0 Å². The normalized spacial score (nSPS) is 16.9. The van der Waals surface area contributed by atoms with Crippen molar-refractivity contribution in [3.8, 4) is 5.75 Å². The fraction of sp³-hybridized carbons (Fsp3) is 0.0500. The number of nitrogens with zero attached hydrogens (tertiary/aromatic N) is 1. The van der Waals surface area contributed by atoms with Gasteiger partial charge in [-0.2, -0.15) is 0 Å². The third-order valence-electron chi connectivity index (χ3n) is 4.17. The number of aliphatic imine (C=N–C) groups is 1. The minimum atomic E-state index is -1.99. The van der Waals surface area contributed by atoms with Gasteiger partial charge in [0.25, 0.3) is 0 Å². The zero-order valence-corrected chi connectivity index (χ0v) is 21.4. The summed E-state index contributed by atoms with van der Waals surface area (Å²) < 4.78 is 7.65. The average Bonchev–Trinajstić information content (AvgIpc) is 2.96. The van der Waals surface area contributed by atoms with E-state index < -0.39 is 6.35 Å². The van der Waals surface area contributed by atoms with Gasteiger partial charge in [0, 0.05) is 0 Å². The Morgan fingerprint density at radius 3 is 2.27 bits per heavy atom. The summed E-state index contributed by atoms with van der Waals surface area (Å²) >= 11 is 8.74. The molecule has 0 atom stereocenters. The number of ether oxygens (including phenoxy) is 1. The Morgan fingerprint density at radius 2 is 1.54 bits per heavy atom. The van der Waals surface area contributed by atoms with Crippen molar-refractivity contribution in [3.63, 3.8) is 0 Å². The van der Waals surface area contributed by atoms with E-state index in [0.717, 1.165) is 15.9 Å². The van der Waals surface area contributed by atoms with E-state index in [9.17, 15) is 0 Å². The molecule has 6 heteroatoms. The van der Waals surface area contributed by atoms with Crippen molar-refractivity contribution >= 4 is 84.0 Å². The van der Waals surface area contributed by atoms with Crippen LogP contribution in [-0.4, -0.2) is 18.1 Å². The molecule has 3 aromatic carbocycles.